The summed E-state index contributed by atoms with van der Waals surface area (Å²) < 4.78 is 4.88. The molecule has 0 aliphatic carbocycles. The van der Waals surface area contributed by atoms with Crippen molar-refractivity contribution in [3.05, 3.63) is 0 Å². The molecule has 4 heteroatoms. The molecule has 13 heavy (non-hydrogen) atoms. The highest BCUT2D eigenvalue weighted by Gasteiger charge is 2.19. The second-order valence-corrected chi connectivity index (χ2v) is 3.44. The minimum absolute atomic E-state index is 0.214. The van der Waals surface area contributed by atoms with E-state index in [9.17, 15) is 4.79 Å². The van der Waals surface area contributed by atoms with Gasteiger partial charge in [0.15, 0.2) is 0 Å². The highest BCUT2D eigenvalue weighted by molar-refractivity contribution is 5.67. The Balaban J connectivity index is 2.22. The van der Waals surface area contributed by atoms with Crippen molar-refractivity contribution in [2.45, 2.75) is 13.3 Å². The van der Waals surface area contributed by atoms with Gasteiger partial charge < -0.3 is 15.0 Å². The van der Waals surface area contributed by atoms with Gasteiger partial charge in [-0.2, -0.15) is 0 Å². The van der Waals surface area contributed by atoms with Crippen molar-refractivity contribution in [2.24, 2.45) is 5.92 Å². The topological polar surface area (TPSA) is 41.6 Å². The number of carbonyl (C=O) groups excluding carboxylic acids is 1. The van der Waals surface area contributed by atoms with E-state index in [4.69, 9.17) is 4.74 Å². The number of hydrogen-bond donors (Lipinski definition) is 1. The molecule has 1 atom stereocenters. The Morgan fingerprint density at radius 2 is 2.46 bits per heavy atom. The molecule has 1 aliphatic rings. The first kappa shape index (κ1) is 10.3. The Morgan fingerprint density at radius 1 is 1.69 bits per heavy atom. The predicted octanol–water partition coefficient (Wildman–Crippen LogP) is 0.684. The van der Waals surface area contributed by atoms with E-state index < -0.39 is 0 Å². The van der Waals surface area contributed by atoms with Crippen LogP contribution in [0.3, 0.4) is 0 Å². The van der Waals surface area contributed by atoms with Crippen molar-refractivity contribution < 1.29 is 9.53 Å². The van der Waals surface area contributed by atoms with Gasteiger partial charge in [-0.25, -0.2) is 4.79 Å². The standard InChI is InChI=1S/C9H18N2O2/c1-3-13-9(12)11(2)7-8-4-5-10-6-8/h8,10H,3-7H2,1-2H3. The minimum Gasteiger partial charge on any atom is -0.450 e. The lowest BCUT2D eigenvalue weighted by atomic mass is 10.1. The normalized spacial score (nSPS) is 21.5. The summed E-state index contributed by atoms with van der Waals surface area (Å²) in [5.74, 6) is 0.592. The molecule has 1 rings (SSSR count). The van der Waals surface area contributed by atoms with Gasteiger partial charge >= 0.3 is 6.09 Å². The van der Waals surface area contributed by atoms with E-state index in [1.165, 1.54) is 0 Å². The summed E-state index contributed by atoms with van der Waals surface area (Å²) in [5.41, 5.74) is 0. The number of ether oxygens (including phenoxy) is 1. The van der Waals surface area contributed by atoms with Crippen LogP contribution in [-0.2, 0) is 4.74 Å². The zero-order valence-electron chi connectivity index (χ0n) is 8.38. The summed E-state index contributed by atoms with van der Waals surface area (Å²) in [7, 11) is 1.79. The number of hydrogen-bond acceptors (Lipinski definition) is 3. The number of nitrogens with one attached hydrogen (secondary N) is 1. The fourth-order valence-corrected chi connectivity index (χ4v) is 1.57. The molecule has 76 valence electrons. The van der Waals surface area contributed by atoms with Crippen LogP contribution in [0.5, 0.6) is 0 Å². The van der Waals surface area contributed by atoms with Crippen molar-refractivity contribution >= 4 is 6.09 Å². The average Bonchev–Trinajstić information content (AvgIpc) is 2.57. The summed E-state index contributed by atoms with van der Waals surface area (Å²) in [6, 6.07) is 0. The molecule has 0 aromatic heterocycles. The Labute approximate surface area is 79.2 Å². The first-order chi connectivity index (χ1) is 6.24. The van der Waals surface area contributed by atoms with E-state index in [1.54, 1.807) is 11.9 Å². The van der Waals surface area contributed by atoms with Crippen LogP contribution in [0.2, 0.25) is 0 Å². The summed E-state index contributed by atoms with van der Waals surface area (Å²) in [5, 5.41) is 3.27. The molecule has 0 aromatic rings. The average molecular weight is 186 g/mol. The van der Waals surface area contributed by atoms with Crippen LogP contribution in [0.1, 0.15) is 13.3 Å². The summed E-state index contributed by atoms with van der Waals surface area (Å²) in [4.78, 5) is 12.9. The molecular weight excluding hydrogens is 168 g/mol. The fourth-order valence-electron chi connectivity index (χ4n) is 1.57. The molecule has 1 fully saturated rings. The predicted molar refractivity (Wildman–Crippen MR) is 50.6 cm³/mol. The summed E-state index contributed by atoms with van der Waals surface area (Å²) in [6.45, 7) is 5.16. The molecule has 0 bridgehead atoms. The molecule has 1 aliphatic heterocycles. The highest BCUT2D eigenvalue weighted by Crippen LogP contribution is 2.09. The third kappa shape index (κ3) is 3.22. The largest absolute Gasteiger partial charge is 0.450 e. The number of carbonyl (C=O) groups is 1. The third-order valence-electron chi connectivity index (χ3n) is 2.27. The Morgan fingerprint density at radius 3 is 3.00 bits per heavy atom. The maximum absolute atomic E-state index is 11.2. The molecule has 1 unspecified atom stereocenters. The zero-order chi connectivity index (χ0) is 9.68. The molecule has 1 N–H and O–H groups in total. The number of nitrogens with zero attached hydrogens (tertiary/aromatic N) is 1. The van der Waals surface area contributed by atoms with Crippen molar-refractivity contribution in [3.8, 4) is 0 Å². The van der Waals surface area contributed by atoms with Crippen LogP contribution in [0.4, 0.5) is 4.79 Å². The van der Waals surface area contributed by atoms with E-state index in [1.807, 2.05) is 6.92 Å². The van der Waals surface area contributed by atoms with Gasteiger partial charge in [-0.3, -0.25) is 0 Å². The van der Waals surface area contributed by atoms with Gasteiger partial charge in [-0.15, -0.1) is 0 Å². The van der Waals surface area contributed by atoms with Crippen LogP contribution < -0.4 is 5.32 Å². The monoisotopic (exact) mass is 186 g/mol. The van der Waals surface area contributed by atoms with E-state index in [-0.39, 0.29) is 6.09 Å². The molecule has 1 amide bonds. The Kier molecular flexibility index (Phi) is 4.02. The lowest BCUT2D eigenvalue weighted by Crippen LogP contribution is -2.33. The van der Waals surface area contributed by atoms with Crippen molar-refractivity contribution in [1.82, 2.24) is 10.2 Å². The van der Waals surface area contributed by atoms with Crippen LogP contribution in [0, 0.1) is 5.92 Å². The fraction of sp³-hybridized carbons (Fsp3) is 0.889. The van der Waals surface area contributed by atoms with Gasteiger partial charge in [0.1, 0.15) is 0 Å². The van der Waals surface area contributed by atoms with Crippen molar-refractivity contribution in [2.75, 3.05) is 33.3 Å². The highest BCUT2D eigenvalue weighted by atomic mass is 16.5. The Bertz CT molecular complexity index is 167. The summed E-state index contributed by atoms with van der Waals surface area (Å²) in [6.07, 6.45) is 0.943. The van der Waals surface area contributed by atoms with Crippen LogP contribution in [0.15, 0.2) is 0 Å². The second kappa shape index (κ2) is 5.07. The maximum Gasteiger partial charge on any atom is 0.409 e. The molecular formula is C9H18N2O2. The first-order valence-corrected chi connectivity index (χ1v) is 4.82. The number of amides is 1. The van der Waals surface area contributed by atoms with E-state index in [0.29, 0.717) is 12.5 Å². The van der Waals surface area contributed by atoms with E-state index >= 15 is 0 Å². The van der Waals surface area contributed by atoms with E-state index in [0.717, 1.165) is 26.1 Å². The minimum atomic E-state index is -0.214. The Hall–Kier alpha value is -0.770. The third-order valence-corrected chi connectivity index (χ3v) is 2.27. The van der Waals surface area contributed by atoms with Gasteiger partial charge in [0, 0.05) is 13.6 Å². The van der Waals surface area contributed by atoms with Crippen molar-refractivity contribution in [1.29, 1.82) is 0 Å². The van der Waals surface area contributed by atoms with E-state index in [2.05, 4.69) is 5.32 Å². The lowest BCUT2D eigenvalue weighted by molar-refractivity contribution is 0.111. The molecule has 1 saturated heterocycles. The van der Waals surface area contributed by atoms with Gasteiger partial charge in [0.05, 0.1) is 6.61 Å². The summed E-state index contributed by atoms with van der Waals surface area (Å²) >= 11 is 0. The molecule has 0 aromatic carbocycles. The molecule has 0 saturated carbocycles. The van der Waals surface area contributed by atoms with Crippen LogP contribution in [-0.4, -0.2) is 44.3 Å². The molecule has 0 spiro atoms. The first-order valence-electron chi connectivity index (χ1n) is 4.82. The molecule has 0 radical (unpaired) electrons. The van der Waals surface area contributed by atoms with Gasteiger partial charge in [0.2, 0.25) is 0 Å². The zero-order valence-corrected chi connectivity index (χ0v) is 8.38. The maximum atomic E-state index is 11.2. The van der Waals surface area contributed by atoms with Crippen LogP contribution >= 0.6 is 0 Å². The lowest BCUT2D eigenvalue weighted by Gasteiger charge is -2.19. The molecule has 4 nitrogen and oxygen atoms in total. The quantitative estimate of drug-likeness (QED) is 0.705. The second-order valence-electron chi connectivity index (χ2n) is 3.44. The van der Waals surface area contributed by atoms with Gasteiger partial charge in [-0.05, 0) is 32.4 Å². The molecule has 1 heterocycles. The van der Waals surface area contributed by atoms with Gasteiger partial charge in [-0.1, -0.05) is 0 Å². The SMILES string of the molecule is CCOC(=O)N(C)CC1CCNC1. The number of rotatable bonds is 3. The smallest absolute Gasteiger partial charge is 0.409 e. The van der Waals surface area contributed by atoms with Crippen molar-refractivity contribution in [3.63, 3.8) is 0 Å². The van der Waals surface area contributed by atoms with Crippen LogP contribution in [0.25, 0.3) is 0 Å². The van der Waals surface area contributed by atoms with Gasteiger partial charge in [0.25, 0.3) is 0 Å².